The van der Waals surface area contributed by atoms with Crippen LogP contribution in [0.2, 0.25) is 0 Å². The van der Waals surface area contributed by atoms with E-state index in [4.69, 9.17) is 0 Å². The summed E-state index contributed by atoms with van der Waals surface area (Å²) in [4.78, 5) is 2.60. The van der Waals surface area contributed by atoms with Crippen molar-refractivity contribution >= 4 is 0 Å². The lowest BCUT2D eigenvalue weighted by molar-refractivity contribution is 0.274. The monoisotopic (exact) mass is 396 g/mol. The Bertz CT molecular complexity index is 261. The summed E-state index contributed by atoms with van der Waals surface area (Å²) in [5.74, 6) is 0. The van der Waals surface area contributed by atoms with Crippen LogP contribution in [-0.4, -0.2) is 37.6 Å². The Labute approximate surface area is 179 Å². The average Bonchev–Trinajstić information content (AvgIpc) is 2.70. The third-order valence-electron chi connectivity index (χ3n) is 5.89. The van der Waals surface area contributed by atoms with Crippen molar-refractivity contribution in [2.75, 3.05) is 32.7 Å². The second-order valence-corrected chi connectivity index (χ2v) is 8.89. The third kappa shape index (κ3) is 22.2. The summed E-state index contributed by atoms with van der Waals surface area (Å²) in [5, 5.41) is 3.64. The van der Waals surface area contributed by atoms with Crippen LogP contribution in [0.3, 0.4) is 0 Å². The van der Waals surface area contributed by atoms with Gasteiger partial charge in [-0.1, -0.05) is 117 Å². The molecule has 0 aliphatic heterocycles. The van der Waals surface area contributed by atoms with Crippen molar-refractivity contribution in [3.8, 4) is 0 Å². The molecule has 0 bridgehead atoms. The molecule has 0 aromatic rings. The second-order valence-electron chi connectivity index (χ2n) is 8.89. The van der Waals surface area contributed by atoms with Crippen molar-refractivity contribution in [1.29, 1.82) is 0 Å². The molecular weight excluding hydrogens is 340 g/mol. The van der Waals surface area contributed by atoms with Crippen LogP contribution >= 0.6 is 0 Å². The first-order valence-electron chi connectivity index (χ1n) is 13.3. The van der Waals surface area contributed by atoms with E-state index >= 15 is 0 Å². The maximum Gasteiger partial charge on any atom is 0.0107 e. The van der Waals surface area contributed by atoms with Gasteiger partial charge in [0.05, 0.1) is 0 Å². The van der Waals surface area contributed by atoms with E-state index in [0.29, 0.717) is 0 Å². The fraction of sp³-hybridized carbons (Fsp3) is 1.00. The molecule has 0 radical (unpaired) electrons. The molecule has 0 atom stereocenters. The predicted octanol–water partition coefficient (Wildman–Crippen LogP) is 7.96. The predicted molar refractivity (Wildman–Crippen MR) is 129 cm³/mol. The molecule has 0 aliphatic rings. The van der Waals surface area contributed by atoms with Gasteiger partial charge >= 0.3 is 0 Å². The molecule has 0 aromatic heterocycles. The summed E-state index contributed by atoms with van der Waals surface area (Å²) >= 11 is 0. The second kappa shape index (κ2) is 25.0. The van der Waals surface area contributed by atoms with E-state index in [1.54, 1.807) is 0 Å². The molecule has 2 nitrogen and oxygen atoms in total. The summed E-state index contributed by atoms with van der Waals surface area (Å²) in [6.45, 7) is 13.0. The summed E-state index contributed by atoms with van der Waals surface area (Å²) in [6, 6.07) is 0. The number of rotatable bonds is 24. The van der Waals surface area contributed by atoms with Gasteiger partial charge in [-0.2, -0.15) is 0 Å². The third-order valence-corrected chi connectivity index (χ3v) is 5.89. The molecule has 170 valence electrons. The number of hydrogen-bond donors (Lipinski definition) is 1. The van der Waals surface area contributed by atoms with Crippen molar-refractivity contribution in [3.05, 3.63) is 0 Å². The van der Waals surface area contributed by atoms with E-state index in [1.165, 1.54) is 148 Å². The van der Waals surface area contributed by atoms with Crippen LogP contribution in [0.1, 0.15) is 136 Å². The van der Waals surface area contributed by atoms with Gasteiger partial charge in [-0.3, -0.25) is 0 Å². The molecule has 0 amide bonds. The van der Waals surface area contributed by atoms with E-state index < -0.39 is 0 Å². The number of hydrogen-bond acceptors (Lipinski definition) is 2. The van der Waals surface area contributed by atoms with Gasteiger partial charge in [0, 0.05) is 13.1 Å². The quantitative estimate of drug-likeness (QED) is 0.166. The summed E-state index contributed by atoms with van der Waals surface area (Å²) in [7, 11) is 0. The Balaban J connectivity index is 3.12. The molecule has 0 saturated carbocycles. The van der Waals surface area contributed by atoms with Crippen LogP contribution in [0.5, 0.6) is 0 Å². The minimum absolute atomic E-state index is 1.17. The van der Waals surface area contributed by atoms with Crippen LogP contribution in [0, 0.1) is 0 Å². The van der Waals surface area contributed by atoms with Crippen LogP contribution < -0.4 is 5.32 Å². The minimum Gasteiger partial charge on any atom is -0.315 e. The first-order valence-corrected chi connectivity index (χ1v) is 13.3. The van der Waals surface area contributed by atoms with Crippen molar-refractivity contribution in [2.24, 2.45) is 0 Å². The average molecular weight is 397 g/mol. The van der Waals surface area contributed by atoms with Crippen LogP contribution in [0.15, 0.2) is 0 Å². The normalized spacial score (nSPS) is 11.6. The van der Waals surface area contributed by atoms with Gasteiger partial charge in [0.1, 0.15) is 0 Å². The van der Waals surface area contributed by atoms with E-state index in [-0.39, 0.29) is 0 Å². The topological polar surface area (TPSA) is 15.3 Å². The zero-order valence-electron chi connectivity index (χ0n) is 20.2. The highest BCUT2D eigenvalue weighted by molar-refractivity contribution is 4.59. The molecule has 0 rings (SSSR count). The largest absolute Gasteiger partial charge is 0.315 e. The Morgan fingerprint density at radius 1 is 0.393 bits per heavy atom. The van der Waals surface area contributed by atoms with Gasteiger partial charge in [0.25, 0.3) is 0 Å². The van der Waals surface area contributed by atoms with E-state index in [2.05, 4.69) is 31.0 Å². The summed E-state index contributed by atoms with van der Waals surface area (Å²) in [5.41, 5.74) is 0. The molecule has 2 heteroatoms. The SMILES string of the molecule is CCCCCCCCCCCCCCCCCCNCCN(CCC)CCC. The zero-order chi connectivity index (χ0) is 20.5. The highest BCUT2D eigenvalue weighted by atomic mass is 15.1. The summed E-state index contributed by atoms with van der Waals surface area (Å²) in [6.07, 6.45) is 25.8. The van der Waals surface area contributed by atoms with Crippen molar-refractivity contribution < 1.29 is 0 Å². The Hall–Kier alpha value is -0.0800. The standard InChI is InChI=1S/C26H56N2/c1-4-7-8-9-10-11-12-13-14-15-16-17-18-19-20-21-22-27-23-26-28(24-5-2)25-6-3/h27H,4-26H2,1-3H3. The molecular formula is C26H56N2. The Morgan fingerprint density at radius 2 is 0.786 bits per heavy atom. The van der Waals surface area contributed by atoms with Crippen molar-refractivity contribution in [2.45, 2.75) is 136 Å². The maximum absolute atomic E-state index is 3.64. The lowest BCUT2D eigenvalue weighted by Crippen LogP contribution is -2.33. The number of unbranched alkanes of at least 4 members (excludes halogenated alkanes) is 15. The van der Waals surface area contributed by atoms with Crippen LogP contribution in [0.4, 0.5) is 0 Å². The molecule has 0 aliphatic carbocycles. The number of nitrogens with one attached hydrogen (secondary N) is 1. The van der Waals surface area contributed by atoms with Crippen molar-refractivity contribution in [3.63, 3.8) is 0 Å². The van der Waals surface area contributed by atoms with Gasteiger partial charge in [-0.15, -0.1) is 0 Å². The lowest BCUT2D eigenvalue weighted by Gasteiger charge is -2.20. The molecule has 1 N–H and O–H groups in total. The van der Waals surface area contributed by atoms with Crippen molar-refractivity contribution in [1.82, 2.24) is 10.2 Å². The minimum atomic E-state index is 1.17. The Morgan fingerprint density at radius 3 is 1.18 bits per heavy atom. The van der Waals surface area contributed by atoms with Gasteiger partial charge in [0.15, 0.2) is 0 Å². The van der Waals surface area contributed by atoms with Crippen LogP contribution in [-0.2, 0) is 0 Å². The highest BCUT2D eigenvalue weighted by Crippen LogP contribution is 2.13. The van der Waals surface area contributed by atoms with Gasteiger partial charge < -0.3 is 10.2 Å². The molecule has 0 fully saturated rings. The first-order chi connectivity index (χ1) is 13.8. The lowest BCUT2D eigenvalue weighted by atomic mass is 10.0. The molecule has 0 unspecified atom stereocenters. The summed E-state index contributed by atoms with van der Waals surface area (Å²) < 4.78 is 0. The Kier molecular flexibility index (Phi) is 24.9. The van der Waals surface area contributed by atoms with E-state index in [9.17, 15) is 0 Å². The van der Waals surface area contributed by atoms with Gasteiger partial charge in [0.2, 0.25) is 0 Å². The van der Waals surface area contributed by atoms with Gasteiger partial charge in [-0.05, 0) is 38.9 Å². The van der Waals surface area contributed by atoms with E-state index in [0.717, 1.165) is 0 Å². The maximum atomic E-state index is 3.64. The fourth-order valence-corrected chi connectivity index (χ4v) is 4.13. The molecule has 0 heterocycles. The fourth-order valence-electron chi connectivity index (χ4n) is 4.13. The first kappa shape index (κ1) is 27.9. The van der Waals surface area contributed by atoms with Crippen LogP contribution in [0.25, 0.3) is 0 Å². The highest BCUT2D eigenvalue weighted by Gasteiger charge is 2.01. The molecule has 0 saturated heterocycles. The molecule has 0 aromatic carbocycles. The molecule has 28 heavy (non-hydrogen) atoms. The number of nitrogens with zero attached hydrogens (tertiary/aromatic N) is 1. The smallest absolute Gasteiger partial charge is 0.0107 e. The molecule has 0 spiro atoms. The van der Waals surface area contributed by atoms with E-state index in [1.807, 2.05) is 0 Å². The zero-order valence-corrected chi connectivity index (χ0v) is 20.2. The van der Waals surface area contributed by atoms with Gasteiger partial charge in [-0.25, -0.2) is 0 Å².